The summed E-state index contributed by atoms with van der Waals surface area (Å²) >= 11 is 0. The second-order valence-corrected chi connectivity index (χ2v) is 5.62. The highest BCUT2D eigenvalue weighted by Gasteiger charge is 2.24. The van der Waals surface area contributed by atoms with E-state index in [1.165, 1.54) is 0 Å². The lowest BCUT2D eigenvalue weighted by Crippen LogP contribution is -2.49. The Balaban J connectivity index is 1.88. The summed E-state index contributed by atoms with van der Waals surface area (Å²) in [6, 6.07) is 1.89. The van der Waals surface area contributed by atoms with E-state index in [1.54, 1.807) is 4.68 Å². The van der Waals surface area contributed by atoms with Crippen LogP contribution in [0, 0.1) is 6.92 Å². The largest absolute Gasteiger partial charge is 0.335 e. The van der Waals surface area contributed by atoms with Crippen LogP contribution in [0.2, 0.25) is 0 Å². The summed E-state index contributed by atoms with van der Waals surface area (Å²) in [4.78, 5) is 17.0. The van der Waals surface area contributed by atoms with Crippen LogP contribution in [0.4, 0.5) is 0 Å². The fourth-order valence-electron chi connectivity index (χ4n) is 2.78. The van der Waals surface area contributed by atoms with Crippen molar-refractivity contribution in [3.8, 4) is 0 Å². The first-order valence-corrected chi connectivity index (χ1v) is 7.92. The average molecular weight is 293 g/mol. The van der Waals surface area contributed by atoms with Crippen molar-refractivity contribution in [1.82, 2.24) is 19.6 Å². The van der Waals surface area contributed by atoms with Crippen LogP contribution in [0.5, 0.6) is 0 Å². The molecular formula is C15H27N5O. The molecule has 1 aliphatic heterocycles. The minimum absolute atomic E-state index is 0.110. The van der Waals surface area contributed by atoms with Gasteiger partial charge in [-0.1, -0.05) is 0 Å². The van der Waals surface area contributed by atoms with Crippen molar-refractivity contribution in [3.05, 3.63) is 17.5 Å². The summed E-state index contributed by atoms with van der Waals surface area (Å²) in [5, 5.41) is 4.36. The van der Waals surface area contributed by atoms with Gasteiger partial charge in [0.05, 0.1) is 5.69 Å². The lowest BCUT2D eigenvalue weighted by atomic mass is 10.2. The van der Waals surface area contributed by atoms with Gasteiger partial charge < -0.3 is 10.6 Å². The first kappa shape index (κ1) is 16.0. The molecule has 2 N–H and O–H groups in total. The van der Waals surface area contributed by atoms with Gasteiger partial charge in [-0.25, -0.2) is 0 Å². The quantitative estimate of drug-likeness (QED) is 0.784. The highest BCUT2D eigenvalue weighted by atomic mass is 16.2. The van der Waals surface area contributed by atoms with E-state index in [9.17, 15) is 4.79 Å². The maximum atomic E-state index is 12.6. The molecule has 0 aromatic carbocycles. The lowest BCUT2D eigenvalue weighted by molar-refractivity contribution is 0.0623. The molecule has 1 amide bonds. The van der Waals surface area contributed by atoms with Crippen LogP contribution in [0.15, 0.2) is 6.07 Å². The van der Waals surface area contributed by atoms with Crippen molar-refractivity contribution < 1.29 is 4.79 Å². The third-order valence-electron chi connectivity index (χ3n) is 4.01. The van der Waals surface area contributed by atoms with Crippen molar-refractivity contribution in [3.63, 3.8) is 0 Å². The molecule has 0 spiro atoms. The second kappa shape index (κ2) is 7.56. The Morgan fingerprint density at radius 3 is 2.62 bits per heavy atom. The summed E-state index contributed by atoms with van der Waals surface area (Å²) in [5.74, 6) is 0.110. The molecule has 0 saturated carbocycles. The predicted octanol–water partition coefficient (Wildman–Crippen LogP) is 0.708. The SMILES string of the molecule is CCn1nc(C)cc1C(=O)N1CCN(CCCCN)CC1. The molecule has 0 bridgehead atoms. The molecule has 6 nitrogen and oxygen atoms in total. The molecule has 1 aromatic rings. The van der Waals surface area contributed by atoms with E-state index in [0.29, 0.717) is 5.69 Å². The molecule has 118 valence electrons. The van der Waals surface area contributed by atoms with Crippen LogP contribution in [-0.2, 0) is 6.54 Å². The summed E-state index contributed by atoms with van der Waals surface area (Å²) in [5.41, 5.74) is 7.14. The van der Waals surface area contributed by atoms with Crippen LogP contribution in [0.1, 0.15) is 35.9 Å². The van der Waals surface area contributed by atoms with Gasteiger partial charge in [-0.15, -0.1) is 0 Å². The summed E-state index contributed by atoms with van der Waals surface area (Å²) < 4.78 is 1.80. The van der Waals surface area contributed by atoms with E-state index >= 15 is 0 Å². The van der Waals surface area contributed by atoms with Crippen LogP contribution < -0.4 is 5.73 Å². The molecule has 1 aromatic heterocycles. The number of piperazine rings is 1. The number of carbonyl (C=O) groups excluding carboxylic acids is 1. The molecule has 21 heavy (non-hydrogen) atoms. The Morgan fingerprint density at radius 2 is 2.00 bits per heavy atom. The third-order valence-corrected chi connectivity index (χ3v) is 4.01. The van der Waals surface area contributed by atoms with Gasteiger partial charge in [-0.3, -0.25) is 14.4 Å². The van der Waals surface area contributed by atoms with Crippen molar-refractivity contribution >= 4 is 5.91 Å². The number of aromatic nitrogens is 2. The highest BCUT2D eigenvalue weighted by molar-refractivity contribution is 5.92. The van der Waals surface area contributed by atoms with E-state index in [-0.39, 0.29) is 5.91 Å². The fraction of sp³-hybridized carbons (Fsp3) is 0.733. The smallest absolute Gasteiger partial charge is 0.272 e. The van der Waals surface area contributed by atoms with Crippen LogP contribution in [0.25, 0.3) is 0 Å². The van der Waals surface area contributed by atoms with Crippen molar-refractivity contribution in [2.45, 2.75) is 33.2 Å². The zero-order valence-corrected chi connectivity index (χ0v) is 13.2. The van der Waals surface area contributed by atoms with Crippen LogP contribution in [-0.4, -0.2) is 64.8 Å². The van der Waals surface area contributed by atoms with Gasteiger partial charge in [0, 0.05) is 32.7 Å². The number of nitrogens with two attached hydrogens (primary N) is 1. The third kappa shape index (κ3) is 4.04. The number of hydrogen-bond acceptors (Lipinski definition) is 4. The fourth-order valence-corrected chi connectivity index (χ4v) is 2.78. The molecule has 0 aliphatic carbocycles. The molecule has 2 heterocycles. The molecule has 1 fully saturated rings. The van der Waals surface area contributed by atoms with Gasteiger partial charge >= 0.3 is 0 Å². The number of unbranched alkanes of at least 4 members (excludes halogenated alkanes) is 1. The van der Waals surface area contributed by atoms with E-state index in [4.69, 9.17) is 5.73 Å². The Morgan fingerprint density at radius 1 is 1.29 bits per heavy atom. The molecule has 2 rings (SSSR count). The number of carbonyl (C=O) groups is 1. The van der Waals surface area contributed by atoms with Crippen LogP contribution >= 0.6 is 0 Å². The first-order valence-electron chi connectivity index (χ1n) is 7.92. The first-order chi connectivity index (χ1) is 10.2. The topological polar surface area (TPSA) is 67.4 Å². The second-order valence-electron chi connectivity index (χ2n) is 5.62. The van der Waals surface area contributed by atoms with Crippen molar-refractivity contribution in [2.75, 3.05) is 39.3 Å². The summed E-state index contributed by atoms with van der Waals surface area (Å²) in [6.07, 6.45) is 2.22. The monoisotopic (exact) mass is 293 g/mol. The van der Waals surface area contributed by atoms with Gasteiger partial charge in [-0.2, -0.15) is 5.10 Å². The number of aryl methyl sites for hydroxylation is 2. The molecule has 0 atom stereocenters. The van der Waals surface area contributed by atoms with Crippen molar-refractivity contribution in [1.29, 1.82) is 0 Å². The number of hydrogen-bond donors (Lipinski definition) is 1. The number of nitrogens with zero attached hydrogens (tertiary/aromatic N) is 4. The normalized spacial score (nSPS) is 16.4. The number of amides is 1. The van der Waals surface area contributed by atoms with Crippen molar-refractivity contribution in [2.24, 2.45) is 5.73 Å². The van der Waals surface area contributed by atoms with Crippen LogP contribution in [0.3, 0.4) is 0 Å². The highest BCUT2D eigenvalue weighted by Crippen LogP contribution is 2.11. The predicted molar refractivity (Wildman–Crippen MR) is 83.3 cm³/mol. The Hall–Kier alpha value is -1.40. The maximum Gasteiger partial charge on any atom is 0.272 e. The minimum atomic E-state index is 0.110. The average Bonchev–Trinajstić information content (AvgIpc) is 2.88. The van der Waals surface area contributed by atoms with E-state index in [0.717, 1.165) is 64.3 Å². The maximum absolute atomic E-state index is 12.6. The Kier molecular flexibility index (Phi) is 5.76. The standard InChI is InChI=1S/C15H27N5O/c1-3-20-14(12-13(2)17-20)15(21)19-10-8-18(9-11-19)7-5-4-6-16/h12H,3-11,16H2,1-2H3. The zero-order chi connectivity index (χ0) is 15.2. The van der Waals surface area contributed by atoms with Gasteiger partial charge in [0.25, 0.3) is 5.91 Å². The molecule has 0 radical (unpaired) electrons. The van der Waals surface area contributed by atoms with Gasteiger partial charge in [0.1, 0.15) is 5.69 Å². The van der Waals surface area contributed by atoms with E-state index in [1.807, 2.05) is 24.8 Å². The van der Waals surface area contributed by atoms with Gasteiger partial charge in [0.2, 0.25) is 0 Å². The molecule has 6 heteroatoms. The Bertz CT molecular complexity index is 463. The zero-order valence-electron chi connectivity index (χ0n) is 13.2. The lowest BCUT2D eigenvalue weighted by Gasteiger charge is -2.34. The van der Waals surface area contributed by atoms with E-state index in [2.05, 4.69) is 10.00 Å². The summed E-state index contributed by atoms with van der Waals surface area (Å²) in [6.45, 7) is 10.0. The molecular weight excluding hydrogens is 266 g/mol. The van der Waals surface area contributed by atoms with Gasteiger partial charge in [-0.05, 0) is 45.8 Å². The number of rotatable bonds is 6. The summed E-state index contributed by atoms with van der Waals surface area (Å²) in [7, 11) is 0. The molecule has 1 saturated heterocycles. The van der Waals surface area contributed by atoms with E-state index < -0.39 is 0 Å². The molecule has 1 aliphatic rings. The van der Waals surface area contributed by atoms with Gasteiger partial charge in [0.15, 0.2) is 0 Å². The Labute approximate surface area is 126 Å². The minimum Gasteiger partial charge on any atom is -0.335 e. The molecule has 0 unspecified atom stereocenters.